The Hall–Kier alpha value is -4.04. The molecular weight excluding hydrogens is 422 g/mol. The molecule has 3 aromatic carbocycles. The molecule has 0 atom stereocenters. The Morgan fingerprint density at radius 2 is 1.74 bits per heavy atom. The van der Waals surface area contributed by atoms with Gasteiger partial charge in [-0.2, -0.15) is 5.26 Å². The molecule has 1 heterocycles. The van der Waals surface area contributed by atoms with E-state index in [9.17, 15) is 10.1 Å². The second-order valence-corrected chi connectivity index (χ2v) is 8.54. The summed E-state index contributed by atoms with van der Waals surface area (Å²) in [5.74, 6) is 0.554. The first kappa shape index (κ1) is 23.1. The number of carbonyl (C=O) groups is 1. The number of rotatable bonds is 6. The standard InChI is InChI=1S/C29H29N3O2/c1-5-31(6-2)29(33)34-27-11-10-26-25(28(27)24-15-20(3)14-21(4)16-24)12-13-32(26)19-23-9-7-8-22(17-23)18-30/h7-17H,5-6,19H2,1-4H3. The number of nitriles is 1. The van der Waals surface area contributed by atoms with Crippen molar-refractivity contribution in [1.82, 2.24) is 9.47 Å². The minimum absolute atomic E-state index is 0.345. The molecule has 1 aromatic heterocycles. The molecule has 0 radical (unpaired) electrons. The first-order valence-corrected chi connectivity index (χ1v) is 11.6. The van der Waals surface area contributed by atoms with Crippen LogP contribution in [0.3, 0.4) is 0 Å². The predicted molar refractivity (Wildman–Crippen MR) is 136 cm³/mol. The Labute approximate surface area is 200 Å². The van der Waals surface area contributed by atoms with Gasteiger partial charge in [0.25, 0.3) is 0 Å². The highest BCUT2D eigenvalue weighted by Crippen LogP contribution is 2.39. The minimum Gasteiger partial charge on any atom is -0.410 e. The lowest BCUT2D eigenvalue weighted by Gasteiger charge is -2.20. The molecule has 34 heavy (non-hydrogen) atoms. The molecule has 0 saturated heterocycles. The molecule has 0 bridgehead atoms. The molecular formula is C29H29N3O2. The Kier molecular flexibility index (Phi) is 6.70. The van der Waals surface area contributed by atoms with E-state index in [1.54, 1.807) is 4.90 Å². The van der Waals surface area contributed by atoms with Gasteiger partial charge in [-0.05, 0) is 69.2 Å². The maximum Gasteiger partial charge on any atom is 0.415 e. The zero-order valence-electron chi connectivity index (χ0n) is 20.1. The van der Waals surface area contributed by atoms with Crippen LogP contribution in [-0.4, -0.2) is 28.6 Å². The quantitative estimate of drug-likeness (QED) is 0.328. The molecule has 0 saturated carbocycles. The van der Waals surface area contributed by atoms with Crippen LogP contribution < -0.4 is 4.74 Å². The summed E-state index contributed by atoms with van der Waals surface area (Å²) in [7, 11) is 0. The summed E-state index contributed by atoms with van der Waals surface area (Å²) >= 11 is 0. The van der Waals surface area contributed by atoms with E-state index in [1.807, 2.05) is 56.4 Å². The van der Waals surface area contributed by atoms with Gasteiger partial charge < -0.3 is 14.2 Å². The Morgan fingerprint density at radius 3 is 2.41 bits per heavy atom. The number of amides is 1. The lowest BCUT2D eigenvalue weighted by Crippen LogP contribution is -2.33. The van der Waals surface area contributed by atoms with Crippen molar-refractivity contribution in [3.8, 4) is 22.9 Å². The molecule has 5 heteroatoms. The molecule has 0 aliphatic carbocycles. The molecule has 172 valence electrons. The average Bonchev–Trinajstić information content (AvgIpc) is 3.21. The third kappa shape index (κ3) is 4.67. The van der Waals surface area contributed by atoms with Gasteiger partial charge in [0, 0.05) is 42.3 Å². The lowest BCUT2D eigenvalue weighted by atomic mass is 9.97. The number of fused-ring (bicyclic) bond motifs is 1. The van der Waals surface area contributed by atoms with Crippen molar-refractivity contribution in [1.29, 1.82) is 5.26 Å². The monoisotopic (exact) mass is 451 g/mol. The van der Waals surface area contributed by atoms with Crippen molar-refractivity contribution in [2.75, 3.05) is 13.1 Å². The zero-order valence-corrected chi connectivity index (χ0v) is 20.1. The van der Waals surface area contributed by atoms with E-state index in [0.29, 0.717) is 30.9 Å². The fourth-order valence-corrected chi connectivity index (χ4v) is 4.47. The van der Waals surface area contributed by atoms with Gasteiger partial charge in [-0.15, -0.1) is 0 Å². The predicted octanol–water partition coefficient (Wildman–Crippen LogP) is 6.69. The number of carbonyl (C=O) groups excluding carboxylic acids is 1. The van der Waals surface area contributed by atoms with Crippen LogP contribution in [0.15, 0.2) is 66.9 Å². The van der Waals surface area contributed by atoms with E-state index in [0.717, 1.165) is 38.7 Å². The molecule has 0 N–H and O–H groups in total. The smallest absolute Gasteiger partial charge is 0.410 e. The van der Waals surface area contributed by atoms with Gasteiger partial charge >= 0.3 is 6.09 Å². The summed E-state index contributed by atoms with van der Waals surface area (Å²) in [6, 6.07) is 22.2. The number of ether oxygens (including phenoxy) is 1. The fraction of sp³-hybridized carbons (Fsp3) is 0.241. The van der Waals surface area contributed by atoms with E-state index in [-0.39, 0.29) is 6.09 Å². The molecule has 4 aromatic rings. The van der Waals surface area contributed by atoms with Crippen molar-refractivity contribution < 1.29 is 9.53 Å². The molecule has 0 spiro atoms. The van der Waals surface area contributed by atoms with Crippen LogP contribution >= 0.6 is 0 Å². The van der Waals surface area contributed by atoms with Gasteiger partial charge in [0.15, 0.2) is 0 Å². The van der Waals surface area contributed by atoms with Gasteiger partial charge in [-0.1, -0.05) is 41.5 Å². The number of nitrogens with zero attached hydrogens (tertiary/aromatic N) is 3. The highest BCUT2D eigenvalue weighted by molar-refractivity contribution is 6.00. The van der Waals surface area contributed by atoms with Gasteiger partial charge in [0.1, 0.15) is 5.75 Å². The van der Waals surface area contributed by atoms with Gasteiger partial charge in [0.05, 0.1) is 11.6 Å². The van der Waals surface area contributed by atoms with Crippen LogP contribution in [0.2, 0.25) is 0 Å². The van der Waals surface area contributed by atoms with Crippen molar-refractivity contribution in [3.05, 3.63) is 89.1 Å². The van der Waals surface area contributed by atoms with Gasteiger partial charge in [0.2, 0.25) is 0 Å². The molecule has 1 amide bonds. The fourth-order valence-electron chi connectivity index (χ4n) is 4.47. The average molecular weight is 452 g/mol. The normalized spacial score (nSPS) is 10.8. The first-order chi connectivity index (χ1) is 16.4. The van der Waals surface area contributed by atoms with Gasteiger partial charge in [-0.25, -0.2) is 4.79 Å². The highest BCUT2D eigenvalue weighted by Gasteiger charge is 2.19. The van der Waals surface area contributed by atoms with E-state index in [2.05, 4.69) is 48.7 Å². The summed E-state index contributed by atoms with van der Waals surface area (Å²) in [6.07, 6.45) is 1.70. The third-order valence-electron chi connectivity index (χ3n) is 6.05. The Balaban J connectivity index is 1.84. The largest absolute Gasteiger partial charge is 0.415 e. The molecule has 0 unspecified atom stereocenters. The summed E-state index contributed by atoms with van der Waals surface area (Å²) in [6.45, 7) is 9.87. The number of aryl methyl sites for hydroxylation is 2. The Bertz CT molecular complexity index is 1370. The second-order valence-electron chi connectivity index (χ2n) is 8.54. The van der Waals surface area contributed by atoms with Crippen LogP contribution in [0, 0.1) is 25.2 Å². The number of aromatic nitrogens is 1. The van der Waals surface area contributed by atoms with Crippen molar-refractivity contribution in [2.24, 2.45) is 0 Å². The lowest BCUT2D eigenvalue weighted by molar-refractivity contribution is 0.157. The Morgan fingerprint density at radius 1 is 1.00 bits per heavy atom. The van der Waals surface area contributed by atoms with Crippen LogP contribution in [0.5, 0.6) is 5.75 Å². The first-order valence-electron chi connectivity index (χ1n) is 11.6. The van der Waals surface area contributed by atoms with Gasteiger partial charge in [-0.3, -0.25) is 0 Å². The number of hydrogen-bond acceptors (Lipinski definition) is 3. The SMILES string of the molecule is CCN(CC)C(=O)Oc1ccc2c(ccn2Cc2cccc(C#N)c2)c1-c1cc(C)cc(C)c1. The van der Waals surface area contributed by atoms with Crippen molar-refractivity contribution in [2.45, 2.75) is 34.2 Å². The van der Waals surface area contributed by atoms with E-state index < -0.39 is 0 Å². The van der Waals surface area contributed by atoms with Crippen molar-refractivity contribution in [3.63, 3.8) is 0 Å². The summed E-state index contributed by atoms with van der Waals surface area (Å²) in [4.78, 5) is 14.5. The summed E-state index contributed by atoms with van der Waals surface area (Å²) < 4.78 is 8.09. The zero-order chi connectivity index (χ0) is 24.2. The topological polar surface area (TPSA) is 58.3 Å². The number of hydrogen-bond donors (Lipinski definition) is 0. The van der Waals surface area contributed by atoms with Crippen LogP contribution in [0.1, 0.15) is 36.1 Å². The third-order valence-corrected chi connectivity index (χ3v) is 6.05. The van der Waals surface area contributed by atoms with Crippen LogP contribution in [0.4, 0.5) is 4.79 Å². The highest BCUT2D eigenvalue weighted by atomic mass is 16.6. The van der Waals surface area contributed by atoms with E-state index >= 15 is 0 Å². The minimum atomic E-state index is -0.345. The van der Waals surface area contributed by atoms with Crippen molar-refractivity contribution >= 4 is 17.0 Å². The van der Waals surface area contributed by atoms with Crippen LogP contribution in [0.25, 0.3) is 22.0 Å². The maximum absolute atomic E-state index is 12.8. The molecule has 0 fully saturated rings. The molecule has 4 rings (SSSR count). The van der Waals surface area contributed by atoms with E-state index in [4.69, 9.17) is 4.74 Å². The van der Waals surface area contributed by atoms with E-state index in [1.165, 1.54) is 0 Å². The van der Waals surface area contributed by atoms with Crippen LogP contribution in [-0.2, 0) is 6.54 Å². The summed E-state index contributed by atoms with van der Waals surface area (Å²) in [5.41, 5.74) is 6.99. The number of benzene rings is 3. The summed E-state index contributed by atoms with van der Waals surface area (Å²) in [5, 5.41) is 10.3. The molecule has 0 aliphatic rings. The maximum atomic E-state index is 12.8. The second kappa shape index (κ2) is 9.84. The molecule has 5 nitrogen and oxygen atoms in total. The molecule has 0 aliphatic heterocycles.